The van der Waals surface area contributed by atoms with Gasteiger partial charge in [0.2, 0.25) is 0 Å². The predicted octanol–water partition coefficient (Wildman–Crippen LogP) is 2.07. The van der Waals surface area contributed by atoms with Gasteiger partial charge in [0.1, 0.15) is 10.6 Å². The lowest BCUT2D eigenvalue weighted by atomic mass is 10.2. The molecule has 0 radical (unpaired) electrons. The first-order valence-electron chi connectivity index (χ1n) is 3.56. The summed E-state index contributed by atoms with van der Waals surface area (Å²) in [6.45, 7) is 0. The maximum absolute atomic E-state index is 5.42. The molecule has 0 aliphatic heterocycles. The summed E-state index contributed by atoms with van der Waals surface area (Å²) in [6, 6.07) is 9.55. The van der Waals surface area contributed by atoms with E-state index in [1.165, 1.54) is 0 Å². The molecule has 0 atom stereocenters. The van der Waals surface area contributed by atoms with Crippen LogP contribution < -0.4 is 5.73 Å². The van der Waals surface area contributed by atoms with Gasteiger partial charge in [-0.25, -0.2) is 0 Å². The number of benzene rings is 1. The highest BCUT2D eigenvalue weighted by molar-refractivity contribution is 7.80. The molecule has 0 unspecified atom stereocenters. The van der Waals surface area contributed by atoms with Gasteiger partial charge in [-0.05, 0) is 12.1 Å². The van der Waals surface area contributed by atoms with Crippen molar-refractivity contribution in [3.05, 3.63) is 36.1 Å². The van der Waals surface area contributed by atoms with Crippen LogP contribution in [-0.2, 0) is 0 Å². The Hall–Kier alpha value is -1.35. The van der Waals surface area contributed by atoms with E-state index in [1.807, 2.05) is 30.3 Å². The molecule has 2 N–H and O–H groups in total. The first kappa shape index (κ1) is 7.31. The number of nitrogens with two attached hydrogens (primary N) is 1. The second-order valence-electron chi connectivity index (χ2n) is 2.51. The van der Waals surface area contributed by atoms with E-state index < -0.39 is 0 Å². The van der Waals surface area contributed by atoms with Crippen LogP contribution in [0.1, 0.15) is 5.76 Å². The van der Waals surface area contributed by atoms with Gasteiger partial charge in [0.05, 0.1) is 0 Å². The third-order valence-corrected chi connectivity index (χ3v) is 1.87. The molecule has 0 amide bonds. The Morgan fingerprint density at radius 1 is 1.33 bits per heavy atom. The van der Waals surface area contributed by atoms with Gasteiger partial charge in [0, 0.05) is 5.39 Å². The zero-order valence-corrected chi connectivity index (χ0v) is 7.10. The molecule has 0 aliphatic rings. The van der Waals surface area contributed by atoms with Crippen LogP contribution in [0.3, 0.4) is 0 Å². The van der Waals surface area contributed by atoms with E-state index in [0.29, 0.717) is 10.7 Å². The normalized spacial score (nSPS) is 10.3. The Morgan fingerprint density at radius 3 is 2.75 bits per heavy atom. The molecular formula is C9H7NOS. The second-order valence-corrected chi connectivity index (χ2v) is 2.95. The molecule has 0 bridgehead atoms. The van der Waals surface area contributed by atoms with Crippen LogP contribution >= 0.6 is 12.2 Å². The van der Waals surface area contributed by atoms with E-state index in [0.717, 1.165) is 11.0 Å². The molecule has 0 fully saturated rings. The highest BCUT2D eigenvalue weighted by Crippen LogP contribution is 2.18. The van der Waals surface area contributed by atoms with Gasteiger partial charge in [-0.2, -0.15) is 0 Å². The van der Waals surface area contributed by atoms with Crippen LogP contribution in [0.25, 0.3) is 11.0 Å². The fraction of sp³-hybridized carbons (Fsp3) is 0. The monoisotopic (exact) mass is 177 g/mol. The highest BCUT2D eigenvalue weighted by Gasteiger charge is 2.03. The number of furan rings is 1. The van der Waals surface area contributed by atoms with E-state index >= 15 is 0 Å². The summed E-state index contributed by atoms with van der Waals surface area (Å²) in [4.78, 5) is 0.297. The third kappa shape index (κ3) is 1.08. The molecule has 0 spiro atoms. The van der Waals surface area contributed by atoms with E-state index in [1.54, 1.807) is 0 Å². The van der Waals surface area contributed by atoms with Crippen molar-refractivity contribution in [3.8, 4) is 0 Å². The second kappa shape index (κ2) is 2.60. The summed E-state index contributed by atoms with van der Waals surface area (Å²) in [7, 11) is 0. The minimum atomic E-state index is 0.297. The van der Waals surface area contributed by atoms with Gasteiger partial charge in [0.25, 0.3) is 0 Å². The zero-order chi connectivity index (χ0) is 8.55. The number of para-hydroxylation sites is 1. The van der Waals surface area contributed by atoms with Crippen molar-refractivity contribution in [3.63, 3.8) is 0 Å². The van der Waals surface area contributed by atoms with Crippen LogP contribution in [0.15, 0.2) is 34.7 Å². The lowest BCUT2D eigenvalue weighted by Gasteiger charge is -1.86. The van der Waals surface area contributed by atoms with Gasteiger partial charge in [-0.3, -0.25) is 0 Å². The van der Waals surface area contributed by atoms with Gasteiger partial charge >= 0.3 is 0 Å². The van der Waals surface area contributed by atoms with Crippen LogP contribution in [0.4, 0.5) is 0 Å². The molecule has 2 rings (SSSR count). The molecular weight excluding hydrogens is 170 g/mol. The molecule has 2 nitrogen and oxygen atoms in total. The van der Waals surface area contributed by atoms with Crippen molar-refractivity contribution >= 4 is 28.2 Å². The Kier molecular flexibility index (Phi) is 1.59. The fourth-order valence-corrected chi connectivity index (χ4v) is 1.20. The first-order chi connectivity index (χ1) is 5.77. The Labute approximate surface area is 75.0 Å². The maximum atomic E-state index is 5.42. The minimum absolute atomic E-state index is 0.297. The zero-order valence-electron chi connectivity index (χ0n) is 6.28. The largest absolute Gasteiger partial charge is 0.454 e. The number of thiocarbonyl (C=S) groups is 1. The van der Waals surface area contributed by atoms with Crippen LogP contribution in [0.2, 0.25) is 0 Å². The minimum Gasteiger partial charge on any atom is -0.454 e. The Balaban J connectivity index is 2.70. The summed E-state index contributed by atoms with van der Waals surface area (Å²) < 4.78 is 5.36. The van der Waals surface area contributed by atoms with Crippen molar-refractivity contribution in [1.29, 1.82) is 0 Å². The molecule has 3 heteroatoms. The highest BCUT2D eigenvalue weighted by atomic mass is 32.1. The van der Waals surface area contributed by atoms with Gasteiger partial charge in [-0.1, -0.05) is 30.4 Å². The van der Waals surface area contributed by atoms with E-state index in [4.69, 9.17) is 22.4 Å². The summed E-state index contributed by atoms with van der Waals surface area (Å²) in [5.41, 5.74) is 6.24. The lowest BCUT2D eigenvalue weighted by Crippen LogP contribution is -2.07. The van der Waals surface area contributed by atoms with Gasteiger partial charge < -0.3 is 10.2 Å². The van der Waals surface area contributed by atoms with Crippen molar-refractivity contribution in [1.82, 2.24) is 0 Å². The molecule has 2 aromatic rings. The average Bonchev–Trinajstić information content (AvgIpc) is 2.46. The van der Waals surface area contributed by atoms with Gasteiger partial charge in [-0.15, -0.1) is 0 Å². The molecule has 1 aromatic heterocycles. The van der Waals surface area contributed by atoms with E-state index in [-0.39, 0.29) is 0 Å². The average molecular weight is 177 g/mol. The molecule has 0 saturated carbocycles. The predicted molar refractivity (Wildman–Crippen MR) is 52.1 cm³/mol. The fourth-order valence-electron chi connectivity index (χ4n) is 1.10. The molecule has 1 heterocycles. The number of fused-ring (bicyclic) bond motifs is 1. The van der Waals surface area contributed by atoms with Gasteiger partial charge in [0.15, 0.2) is 5.76 Å². The quantitative estimate of drug-likeness (QED) is 0.678. The topological polar surface area (TPSA) is 39.2 Å². The standard InChI is InChI=1S/C9H7NOS/c10-9(12)8-5-6-3-1-2-4-7(6)11-8/h1-5H,(H2,10,12). The molecule has 1 aromatic carbocycles. The summed E-state index contributed by atoms with van der Waals surface area (Å²) in [6.07, 6.45) is 0. The molecule has 0 saturated heterocycles. The first-order valence-corrected chi connectivity index (χ1v) is 3.96. The van der Waals surface area contributed by atoms with E-state index in [2.05, 4.69) is 0 Å². The number of rotatable bonds is 1. The molecule has 0 aliphatic carbocycles. The Bertz CT molecular complexity index is 400. The van der Waals surface area contributed by atoms with Crippen molar-refractivity contribution < 1.29 is 4.42 Å². The van der Waals surface area contributed by atoms with Crippen molar-refractivity contribution in [2.24, 2.45) is 5.73 Å². The Morgan fingerprint density at radius 2 is 2.08 bits per heavy atom. The maximum Gasteiger partial charge on any atom is 0.162 e. The van der Waals surface area contributed by atoms with E-state index in [9.17, 15) is 0 Å². The van der Waals surface area contributed by atoms with Crippen LogP contribution in [-0.4, -0.2) is 4.99 Å². The van der Waals surface area contributed by atoms with Crippen LogP contribution in [0.5, 0.6) is 0 Å². The number of hydrogen-bond donors (Lipinski definition) is 1. The molecule has 60 valence electrons. The lowest BCUT2D eigenvalue weighted by molar-refractivity contribution is 0.606. The summed E-state index contributed by atoms with van der Waals surface area (Å²) >= 11 is 4.79. The molecule has 12 heavy (non-hydrogen) atoms. The summed E-state index contributed by atoms with van der Waals surface area (Å²) in [5, 5.41) is 1.03. The third-order valence-electron chi connectivity index (χ3n) is 1.67. The SMILES string of the molecule is NC(=S)c1cc2ccccc2o1. The van der Waals surface area contributed by atoms with Crippen LogP contribution in [0, 0.1) is 0 Å². The van der Waals surface area contributed by atoms with Crippen molar-refractivity contribution in [2.75, 3.05) is 0 Å². The smallest absolute Gasteiger partial charge is 0.162 e. The van der Waals surface area contributed by atoms with Crippen molar-refractivity contribution in [2.45, 2.75) is 0 Å². The summed E-state index contributed by atoms with van der Waals surface area (Å²) in [5.74, 6) is 0.575. The number of hydrogen-bond acceptors (Lipinski definition) is 2.